The van der Waals surface area contributed by atoms with E-state index in [4.69, 9.17) is 5.73 Å². The minimum absolute atomic E-state index is 0. The van der Waals surface area contributed by atoms with Gasteiger partial charge in [0.15, 0.2) is 0 Å². The smallest absolute Gasteiger partial charge is 0.0649 e. The van der Waals surface area contributed by atoms with E-state index in [0.717, 1.165) is 18.5 Å². The highest BCUT2D eigenvalue weighted by molar-refractivity contribution is 5.85. The van der Waals surface area contributed by atoms with E-state index in [1.165, 1.54) is 16.8 Å². The highest BCUT2D eigenvalue weighted by Crippen LogP contribution is 2.40. The molecule has 0 spiro atoms. The summed E-state index contributed by atoms with van der Waals surface area (Å²) in [7, 11) is 0. The van der Waals surface area contributed by atoms with Gasteiger partial charge in [-0.1, -0.05) is 31.5 Å². The van der Waals surface area contributed by atoms with Gasteiger partial charge in [-0.15, -0.1) is 12.4 Å². The Kier molecular flexibility index (Phi) is 3.94. The van der Waals surface area contributed by atoms with Crippen LogP contribution in [0.3, 0.4) is 0 Å². The summed E-state index contributed by atoms with van der Waals surface area (Å²) >= 11 is 0. The van der Waals surface area contributed by atoms with Gasteiger partial charge in [0, 0.05) is 17.3 Å². The van der Waals surface area contributed by atoms with Gasteiger partial charge in [-0.3, -0.25) is 0 Å². The van der Waals surface area contributed by atoms with E-state index >= 15 is 0 Å². The molecule has 1 heterocycles. The quantitative estimate of drug-likeness (QED) is 0.873. The SMILES string of the molecule is Cc1ccc(-n2ncc3c2CC(C)(C)CC3N)cc1.Cl. The van der Waals surface area contributed by atoms with E-state index in [2.05, 4.69) is 54.8 Å². The number of hydrogen-bond donors (Lipinski definition) is 1. The molecule has 3 rings (SSSR count). The molecule has 3 nitrogen and oxygen atoms in total. The van der Waals surface area contributed by atoms with Crippen LogP contribution in [0, 0.1) is 12.3 Å². The first-order valence-corrected chi connectivity index (χ1v) is 6.86. The first-order chi connectivity index (χ1) is 8.96. The van der Waals surface area contributed by atoms with Crippen LogP contribution in [0.4, 0.5) is 0 Å². The fraction of sp³-hybridized carbons (Fsp3) is 0.438. The van der Waals surface area contributed by atoms with Crippen LogP contribution in [0.5, 0.6) is 0 Å². The monoisotopic (exact) mass is 291 g/mol. The Balaban J connectivity index is 0.00000147. The average Bonchev–Trinajstić information content (AvgIpc) is 2.72. The first kappa shape index (κ1) is 15.1. The molecule has 0 fully saturated rings. The number of aromatic nitrogens is 2. The second kappa shape index (κ2) is 5.23. The molecular formula is C16H22ClN3. The Morgan fingerprint density at radius 3 is 2.55 bits per heavy atom. The minimum atomic E-state index is 0. The average molecular weight is 292 g/mol. The zero-order chi connectivity index (χ0) is 13.6. The van der Waals surface area contributed by atoms with Crippen molar-refractivity contribution in [2.24, 2.45) is 11.1 Å². The molecule has 20 heavy (non-hydrogen) atoms. The lowest BCUT2D eigenvalue weighted by molar-refractivity contribution is 0.278. The topological polar surface area (TPSA) is 43.8 Å². The highest BCUT2D eigenvalue weighted by Gasteiger charge is 2.33. The molecule has 1 unspecified atom stereocenters. The molecule has 0 radical (unpaired) electrons. The summed E-state index contributed by atoms with van der Waals surface area (Å²) in [6, 6.07) is 8.60. The second-order valence-corrected chi connectivity index (χ2v) is 6.45. The zero-order valence-corrected chi connectivity index (χ0v) is 13.1. The number of halogens is 1. The molecule has 108 valence electrons. The summed E-state index contributed by atoms with van der Waals surface area (Å²) in [4.78, 5) is 0. The van der Waals surface area contributed by atoms with Gasteiger partial charge in [-0.2, -0.15) is 5.10 Å². The van der Waals surface area contributed by atoms with Crippen molar-refractivity contribution in [1.29, 1.82) is 0 Å². The lowest BCUT2D eigenvalue weighted by Gasteiger charge is -2.33. The molecule has 0 aliphatic heterocycles. The second-order valence-electron chi connectivity index (χ2n) is 6.45. The lowest BCUT2D eigenvalue weighted by Crippen LogP contribution is -2.30. The summed E-state index contributed by atoms with van der Waals surface area (Å²) in [6.45, 7) is 6.66. The molecule has 1 aliphatic carbocycles. The summed E-state index contributed by atoms with van der Waals surface area (Å²) < 4.78 is 2.05. The molecule has 4 heteroatoms. The van der Waals surface area contributed by atoms with Crippen LogP contribution in [0.15, 0.2) is 30.5 Å². The highest BCUT2D eigenvalue weighted by atomic mass is 35.5. The molecule has 0 amide bonds. The van der Waals surface area contributed by atoms with Gasteiger partial charge in [0.25, 0.3) is 0 Å². The van der Waals surface area contributed by atoms with E-state index in [-0.39, 0.29) is 23.9 Å². The van der Waals surface area contributed by atoms with Crippen LogP contribution in [0.2, 0.25) is 0 Å². The third kappa shape index (κ3) is 2.60. The van der Waals surface area contributed by atoms with E-state index < -0.39 is 0 Å². The molecule has 1 aromatic carbocycles. The Hall–Kier alpha value is -1.32. The van der Waals surface area contributed by atoms with Gasteiger partial charge in [-0.25, -0.2) is 4.68 Å². The maximum absolute atomic E-state index is 6.28. The Morgan fingerprint density at radius 2 is 1.90 bits per heavy atom. The number of aryl methyl sites for hydroxylation is 1. The molecule has 0 saturated carbocycles. The normalized spacial score (nSPS) is 20.1. The number of nitrogens with two attached hydrogens (primary N) is 1. The zero-order valence-electron chi connectivity index (χ0n) is 12.3. The summed E-state index contributed by atoms with van der Waals surface area (Å²) in [5.41, 5.74) is 11.4. The number of benzene rings is 1. The van der Waals surface area contributed by atoms with Crippen LogP contribution in [0.1, 0.15) is 43.1 Å². The fourth-order valence-electron chi connectivity index (χ4n) is 3.01. The third-order valence-corrected chi connectivity index (χ3v) is 4.00. The Bertz CT molecular complexity index is 599. The molecule has 2 aromatic rings. The molecule has 1 aliphatic rings. The van der Waals surface area contributed by atoms with Gasteiger partial charge in [0.05, 0.1) is 11.9 Å². The van der Waals surface area contributed by atoms with E-state index in [1.54, 1.807) is 0 Å². The van der Waals surface area contributed by atoms with Crippen molar-refractivity contribution in [2.45, 2.75) is 39.7 Å². The van der Waals surface area contributed by atoms with Crippen LogP contribution >= 0.6 is 12.4 Å². The lowest BCUT2D eigenvalue weighted by atomic mass is 9.74. The van der Waals surface area contributed by atoms with Crippen LogP contribution < -0.4 is 5.73 Å². The molecule has 0 bridgehead atoms. The van der Waals surface area contributed by atoms with Crippen molar-refractivity contribution < 1.29 is 0 Å². The van der Waals surface area contributed by atoms with Crippen molar-refractivity contribution in [3.8, 4) is 5.69 Å². The standard InChI is InChI=1S/C16H21N3.ClH/c1-11-4-6-12(7-5-11)19-15-9-16(2,3)8-14(17)13(15)10-18-19;/h4-7,10,14H,8-9,17H2,1-3H3;1H. The van der Waals surface area contributed by atoms with Crippen molar-refractivity contribution in [1.82, 2.24) is 9.78 Å². The largest absolute Gasteiger partial charge is 0.324 e. The summed E-state index contributed by atoms with van der Waals surface area (Å²) in [5.74, 6) is 0. The predicted molar refractivity (Wildman–Crippen MR) is 84.6 cm³/mol. The molecule has 0 saturated heterocycles. The summed E-state index contributed by atoms with van der Waals surface area (Å²) in [5, 5.41) is 4.55. The Labute approximate surface area is 126 Å². The van der Waals surface area contributed by atoms with E-state index in [1.807, 2.05) is 6.20 Å². The van der Waals surface area contributed by atoms with Crippen molar-refractivity contribution in [3.63, 3.8) is 0 Å². The number of fused-ring (bicyclic) bond motifs is 1. The van der Waals surface area contributed by atoms with E-state index in [0.29, 0.717) is 0 Å². The number of nitrogens with zero attached hydrogens (tertiary/aromatic N) is 2. The van der Waals surface area contributed by atoms with Gasteiger partial charge in [0.1, 0.15) is 0 Å². The van der Waals surface area contributed by atoms with Gasteiger partial charge < -0.3 is 5.73 Å². The van der Waals surface area contributed by atoms with Gasteiger partial charge in [0.2, 0.25) is 0 Å². The maximum Gasteiger partial charge on any atom is 0.0649 e. The van der Waals surface area contributed by atoms with Crippen molar-refractivity contribution in [3.05, 3.63) is 47.3 Å². The molecule has 2 N–H and O–H groups in total. The number of rotatable bonds is 1. The fourth-order valence-corrected chi connectivity index (χ4v) is 3.01. The third-order valence-electron chi connectivity index (χ3n) is 4.00. The Morgan fingerprint density at radius 1 is 1.25 bits per heavy atom. The molecule has 1 aromatic heterocycles. The number of hydrogen-bond acceptors (Lipinski definition) is 2. The molecular weight excluding hydrogens is 270 g/mol. The summed E-state index contributed by atoms with van der Waals surface area (Å²) in [6.07, 6.45) is 4.00. The van der Waals surface area contributed by atoms with Crippen molar-refractivity contribution in [2.75, 3.05) is 0 Å². The van der Waals surface area contributed by atoms with Crippen molar-refractivity contribution >= 4 is 12.4 Å². The van der Waals surface area contributed by atoms with Crippen LogP contribution in [0.25, 0.3) is 5.69 Å². The van der Waals surface area contributed by atoms with Crippen LogP contribution in [-0.2, 0) is 6.42 Å². The minimum Gasteiger partial charge on any atom is -0.324 e. The maximum atomic E-state index is 6.28. The predicted octanol–water partition coefficient (Wildman–Crippen LogP) is 3.57. The van der Waals surface area contributed by atoms with Crippen LogP contribution in [-0.4, -0.2) is 9.78 Å². The van der Waals surface area contributed by atoms with Gasteiger partial charge >= 0.3 is 0 Å². The molecule has 1 atom stereocenters. The first-order valence-electron chi connectivity index (χ1n) is 6.86. The van der Waals surface area contributed by atoms with Gasteiger partial charge in [-0.05, 0) is 37.3 Å². The van der Waals surface area contributed by atoms with E-state index in [9.17, 15) is 0 Å².